The Hall–Kier alpha value is -0.0800. The van der Waals surface area contributed by atoms with Crippen molar-refractivity contribution in [2.45, 2.75) is 25.4 Å². The molecule has 0 aromatic heterocycles. The van der Waals surface area contributed by atoms with Crippen molar-refractivity contribution in [3.63, 3.8) is 0 Å². The molecule has 1 saturated carbocycles. The molecule has 0 radical (unpaired) electrons. The fourth-order valence-corrected chi connectivity index (χ4v) is 1.01. The molecule has 0 spiro atoms. The molecule has 1 aliphatic carbocycles. The summed E-state index contributed by atoms with van der Waals surface area (Å²) >= 11 is 0. The van der Waals surface area contributed by atoms with Crippen LogP contribution in [0.3, 0.4) is 0 Å². The van der Waals surface area contributed by atoms with E-state index in [1.165, 1.54) is 0 Å². The molecule has 0 bridgehead atoms. The minimum atomic E-state index is -0.491. The van der Waals surface area contributed by atoms with Crippen molar-refractivity contribution in [2.75, 3.05) is 6.61 Å². The maximum atomic E-state index is 9.24. The molecule has 2 N–H and O–H groups in total. The van der Waals surface area contributed by atoms with Crippen molar-refractivity contribution >= 4 is 0 Å². The van der Waals surface area contributed by atoms with Gasteiger partial charge in [0.2, 0.25) is 0 Å². The average molecular weight is 116 g/mol. The van der Waals surface area contributed by atoms with E-state index in [9.17, 15) is 5.11 Å². The molecule has 1 aliphatic rings. The maximum Gasteiger partial charge on any atom is 0.0699 e. The standard InChI is InChI=1S/C6H12O2/c1-5-4-6(5,8)2-3-7/h5,7-8H,2-4H2,1H3. The third-order valence-electron chi connectivity index (χ3n) is 1.96. The topological polar surface area (TPSA) is 40.5 Å². The lowest BCUT2D eigenvalue weighted by Gasteiger charge is -2.03. The normalized spacial score (nSPS) is 44.6. The van der Waals surface area contributed by atoms with Crippen LogP contribution in [0.1, 0.15) is 19.8 Å². The van der Waals surface area contributed by atoms with E-state index in [1.54, 1.807) is 0 Å². The highest BCUT2D eigenvalue weighted by molar-refractivity contribution is 5.00. The Morgan fingerprint density at radius 3 is 2.38 bits per heavy atom. The first kappa shape index (κ1) is 6.05. The first-order valence-electron chi connectivity index (χ1n) is 3.02. The summed E-state index contributed by atoms with van der Waals surface area (Å²) in [5.74, 6) is 0.412. The molecule has 1 fully saturated rings. The minimum absolute atomic E-state index is 0.112. The van der Waals surface area contributed by atoms with Gasteiger partial charge in [-0.25, -0.2) is 0 Å². The number of rotatable bonds is 2. The Morgan fingerprint density at radius 2 is 2.25 bits per heavy atom. The summed E-state index contributed by atoms with van der Waals surface area (Å²) in [7, 11) is 0. The van der Waals surface area contributed by atoms with Crippen LogP contribution in [-0.4, -0.2) is 22.4 Å². The Kier molecular flexibility index (Phi) is 1.29. The lowest BCUT2D eigenvalue weighted by molar-refractivity contribution is 0.0982. The second kappa shape index (κ2) is 1.71. The Morgan fingerprint density at radius 1 is 1.75 bits per heavy atom. The van der Waals surface area contributed by atoms with Crippen LogP contribution in [0.5, 0.6) is 0 Å². The van der Waals surface area contributed by atoms with Crippen molar-refractivity contribution in [1.29, 1.82) is 0 Å². The largest absolute Gasteiger partial charge is 0.396 e. The maximum absolute atomic E-state index is 9.24. The van der Waals surface area contributed by atoms with Gasteiger partial charge >= 0.3 is 0 Å². The van der Waals surface area contributed by atoms with Gasteiger partial charge < -0.3 is 10.2 Å². The molecular weight excluding hydrogens is 104 g/mol. The molecule has 0 aromatic rings. The van der Waals surface area contributed by atoms with Crippen molar-refractivity contribution in [3.8, 4) is 0 Å². The molecule has 2 atom stereocenters. The van der Waals surface area contributed by atoms with Gasteiger partial charge in [-0.3, -0.25) is 0 Å². The van der Waals surface area contributed by atoms with Crippen LogP contribution in [0.4, 0.5) is 0 Å². The molecule has 0 aliphatic heterocycles. The Bertz CT molecular complexity index is 92.5. The van der Waals surface area contributed by atoms with Crippen LogP contribution >= 0.6 is 0 Å². The van der Waals surface area contributed by atoms with Gasteiger partial charge in [0, 0.05) is 6.61 Å². The van der Waals surface area contributed by atoms with Crippen LogP contribution in [0.15, 0.2) is 0 Å². The summed E-state index contributed by atoms with van der Waals surface area (Å²) in [5.41, 5.74) is -0.491. The lowest BCUT2D eigenvalue weighted by atomic mass is 10.2. The Labute approximate surface area is 49.1 Å². The Balaban J connectivity index is 2.25. The van der Waals surface area contributed by atoms with Gasteiger partial charge in [0.15, 0.2) is 0 Å². The summed E-state index contributed by atoms with van der Waals surface area (Å²) in [5, 5.41) is 17.6. The van der Waals surface area contributed by atoms with Crippen molar-refractivity contribution < 1.29 is 10.2 Å². The molecule has 8 heavy (non-hydrogen) atoms. The number of hydrogen-bond acceptors (Lipinski definition) is 2. The highest BCUT2D eigenvalue weighted by atomic mass is 16.3. The number of aliphatic hydroxyl groups excluding tert-OH is 1. The summed E-state index contributed by atoms with van der Waals surface area (Å²) in [6.45, 7) is 2.11. The highest BCUT2D eigenvalue weighted by Gasteiger charge is 2.48. The molecule has 2 heteroatoms. The molecular formula is C6H12O2. The van der Waals surface area contributed by atoms with Gasteiger partial charge in [-0.05, 0) is 18.8 Å². The minimum Gasteiger partial charge on any atom is -0.396 e. The van der Waals surface area contributed by atoms with Crippen LogP contribution in [-0.2, 0) is 0 Å². The fraction of sp³-hybridized carbons (Fsp3) is 1.00. The van der Waals surface area contributed by atoms with E-state index in [-0.39, 0.29) is 6.61 Å². The predicted octanol–water partition coefficient (Wildman–Crippen LogP) is 0.140. The van der Waals surface area contributed by atoms with E-state index in [0.717, 1.165) is 6.42 Å². The zero-order valence-corrected chi connectivity index (χ0v) is 5.09. The summed E-state index contributed by atoms with van der Waals surface area (Å²) < 4.78 is 0. The molecule has 2 unspecified atom stereocenters. The lowest BCUT2D eigenvalue weighted by Crippen LogP contribution is -2.11. The fourth-order valence-electron chi connectivity index (χ4n) is 1.01. The van der Waals surface area contributed by atoms with Crippen molar-refractivity contribution in [3.05, 3.63) is 0 Å². The zero-order valence-electron chi connectivity index (χ0n) is 5.09. The molecule has 0 saturated heterocycles. The second-order valence-electron chi connectivity index (χ2n) is 2.68. The molecule has 2 nitrogen and oxygen atoms in total. The van der Waals surface area contributed by atoms with E-state index < -0.39 is 5.60 Å². The van der Waals surface area contributed by atoms with Gasteiger partial charge in [-0.2, -0.15) is 0 Å². The number of aliphatic hydroxyl groups is 2. The van der Waals surface area contributed by atoms with Crippen molar-refractivity contribution in [2.24, 2.45) is 5.92 Å². The van der Waals surface area contributed by atoms with E-state index in [0.29, 0.717) is 12.3 Å². The molecule has 0 heterocycles. The summed E-state index contributed by atoms with van der Waals surface area (Å²) in [6.07, 6.45) is 1.42. The van der Waals surface area contributed by atoms with Gasteiger partial charge in [0.25, 0.3) is 0 Å². The van der Waals surface area contributed by atoms with Crippen LogP contribution in [0, 0.1) is 5.92 Å². The first-order chi connectivity index (χ1) is 3.69. The summed E-state index contributed by atoms with van der Waals surface area (Å²) in [4.78, 5) is 0. The van der Waals surface area contributed by atoms with Gasteiger partial charge in [0.1, 0.15) is 0 Å². The molecule has 1 rings (SSSR count). The van der Waals surface area contributed by atoms with E-state index in [2.05, 4.69) is 0 Å². The highest BCUT2D eigenvalue weighted by Crippen LogP contribution is 2.45. The predicted molar refractivity (Wildman–Crippen MR) is 30.4 cm³/mol. The van der Waals surface area contributed by atoms with E-state index in [4.69, 9.17) is 5.11 Å². The quantitative estimate of drug-likeness (QED) is 0.538. The van der Waals surface area contributed by atoms with Crippen LogP contribution in [0.2, 0.25) is 0 Å². The van der Waals surface area contributed by atoms with Crippen molar-refractivity contribution in [1.82, 2.24) is 0 Å². The average Bonchev–Trinajstić information content (AvgIpc) is 2.16. The molecule has 0 aromatic carbocycles. The van der Waals surface area contributed by atoms with Crippen LogP contribution < -0.4 is 0 Å². The number of hydrogen-bond donors (Lipinski definition) is 2. The van der Waals surface area contributed by atoms with E-state index in [1.807, 2.05) is 6.92 Å². The monoisotopic (exact) mass is 116 g/mol. The van der Waals surface area contributed by atoms with E-state index >= 15 is 0 Å². The zero-order chi connectivity index (χ0) is 6.20. The van der Waals surface area contributed by atoms with Crippen LogP contribution in [0.25, 0.3) is 0 Å². The third-order valence-corrected chi connectivity index (χ3v) is 1.96. The van der Waals surface area contributed by atoms with Gasteiger partial charge in [0.05, 0.1) is 5.60 Å². The molecule has 48 valence electrons. The SMILES string of the molecule is CC1CC1(O)CCO. The van der Waals surface area contributed by atoms with Gasteiger partial charge in [-0.1, -0.05) is 6.92 Å². The smallest absolute Gasteiger partial charge is 0.0699 e. The third kappa shape index (κ3) is 0.858. The second-order valence-corrected chi connectivity index (χ2v) is 2.68. The van der Waals surface area contributed by atoms with Gasteiger partial charge in [-0.15, -0.1) is 0 Å². The molecule has 0 amide bonds. The first-order valence-corrected chi connectivity index (χ1v) is 3.02. The summed E-state index contributed by atoms with van der Waals surface area (Å²) in [6, 6.07) is 0.